The molecule has 0 unspecified atom stereocenters. The molecule has 8 nitrogen and oxygen atoms in total. The molecule has 1 aromatic heterocycles. The maximum Gasteiger partial charge on any atom is 0.413 e. The van der Waals surface area contributed by atoms with Gasteiger partial charge in [-0.1, -0.05) is 37.0 Å². The summed E-state index contributed by atoms with van der Waals surface area (Å²) in [5, 5.41) is 11.6. The molecule has 0 radical (unpaired) electrons. The van der Waals surface area contributed by atoms with E-state index in [9.17, 15) is 9.59 Å². The normalized spacial score (nSPS) is 14.0. The zero-order chi connectivity index (χ0) is 22.4. The maximum absolute atomic E-state index is 12.7. The van der Waals surface area contributed by atoms with Crippen LogP contribution in [0, 0.1) is 5.92 Å². The van der Waals surface area contributed by atoms with Crippen molar-refractivity contribution in [3.63, 3.8) is 0 Å². The van der Waals surface area contributed by atoms with Gasteiger partial charge in [0.05, 0.1) is 10.6 Å². The van der Waals surface area contributed by atoms with Crippen molar-refractivity contribution in [1.82, 2.24) is 20.4 Å². The van der Waals surface area contributed by atoms with Crippen molar-refractivity contribution in [2.24, 2.45) is 5.92 Å². The van der Waals surface area contributed by atoms with Crippen molar-refractivity contribution < 1.29 is 14.3 Å². The number of carbonyl (C=O) groups is 2. The Morgan fingerprint density at radius 2 is 1.84 bits per heavy atom. The second-order valence-corrected chi connectivity index (χ2v) is 8.48. The van der Waals surface area contributed by atoms with Gasteiger partial charge in [0.1, 0.15) is 0 Å². The van der Waals surface area contributed by atoms with Crippen LogP contribution in [0.15, 0.2) is 30.3 Å². The lowest BCUT2D eigenvalue weighted by Gasteiger charge is -2.35. The molecule has 2 amide bonds. The van der Waals surface area contributed by atoms with E-state index in [1.165, 1.54) is 0 Å². The minimum atomic E-state index is -0.546. The molecule has 1 fully saturated rings. The minimum Gasteiger partial charge on any atom is -0.390 e. The molecule has 0 aliphatic carbocycles. The number of piperazine rings is 1. The van der Waals surface area contributed by atoms with Crippen molar-refractivity contribution in [3.05, 3.63) is 45.9 Å². The molecule has 1 aromatic carbocycles. The van der Waals surface area contributed by atoms with E-state index in [4.69, 9.17) is 27.9 Å². The molecule has 0 atom stereocenters. The predicted octanol–water partition coefficient (Wildman–Crippen LogP) is 3.88. The van der Waals surface area contributed by atoms with E-state index in [0.717, 1.165) is 6.42 Å². The first-order valence-corrected chi connectivity index (χ1v) is 10.9. The third-order valence-electron chi connectivity index (χ3n) is 4.87. The second-order valence-electron chi connectivity index (χ2n) is 7.63. The average Bonchev–Trinajstić information content (AvgIpc) is 2.74. The molecule has 1 N–H and O–H groups in total. The molecule has 0 saturated carbocycles. The number of rotatable bonds is 6. The van der Waals surface area contributed by atoms with Gasteiger partial charge in [0.25, 0.3) is 5.91 Å². The van der Waals surface area contributed by atoms with Gasteiger partial charge in [0.2, 0.25) is 5.88 Å². The van der Waals surface area contributed by atoms with E-state index in [0.29, 0.717) is 60.1 Å². The van der Waals surface area contributed by atoms with Gasteiger partial charge in [0, 0.05) is 43.8 Å². The molecule has 1 saturated heterocycles. The number of nitrogens with one attached hydrogen (secondary N) is 1. The van der Waals surface area contributed by atoms with Gasteiger partial charge in [-0.15, -0.1) is 10.2 Å². The Labute approximate surface area is 191 Å². The Morgan fingerprint density at radius 1 is 1.10 bits per heavy atom. The zero-order valence-electron chi connectivity index (χ0n) is 17.5. The Kier molecular flexibility index (Phi) is 7.92. The van der Waals surface area contributed by atoms with Crippen LogP contribution < -0.4 is 15.0 Å². The number of hydrogen-bond donors (Lipinski definition) is 1. The van der Waals surface area contributed by atoms with Gasteiger partial charge >= 0.3 is 6.09 Å². The summed E-state index contributed by atoms with van der Waals surface area (Å²) < 4.78 is 5.14. The van der Waals surface area contributed by atoms with Gasteiger partial charge in [-0.3, -0.25) is 4.79 Å². The summed E-state index contributed by atoms with van der Waals surface area (Å²) in [5.74, 6) is 1.17. The summed E-state index contributed by atoms with van der Waals surface area (Å²) in [4.78, 5) is 28.3. The minimum absolute atomic E-state index is 0.125. The summed E-state index contributed by atoms with van der Waals surface area (Å²) in [6, 6.07) is 8.21. The summed E-state index contributed by atoms with van der Waals surface area (Å²) in [6.07, 6.45) is 0.328. The Bertz CT molecular complexity index is 916. The van der Waals surface area contributed by atoms with Gasteiger partial charge < -0.3 is 19.9 Å². The Balaban J connectivity index is 1.50. The fourth-order valence-corrected chi connectivity index (χ4v) is 3.59. The van der Waals surface area contributed by atoms with E-state index in [1.54, 1.807) is 35.2 Å². The standard InChI is InChI=1S/C21H25Cl2N5O3/c1-14(2)7-8-24-21(30)31-19-6-5-18(25-26-19)27-9-11-28(12-10-27)20(29)16-4-3-15(22)13-17(16)23/h3-6,13-14H,7-12H2,1-2H3,(H,24,30). The van der Waals surface area contributed by atoms with Crippen molar-refractivity contribution in [2.45, 2.75) is 20.3 Å². The van der Waals surface area contributed by atoms with Crippen molar-refractivity contribution in [2.75, 3.05) is 37.6 Å². The molecule has 166 valence electrons. The largest absolute Gasteiger partial charge is 0.413 e. The quantitative estimate of drug-likeness (QED) is 0.696. The fourth-order valence-electron chi connectivity index (χ4n) is 3.10. The highest BCUT2D eigenvalue weighted by molar-refractivity contribution is 6.36. The highest BCUT2D eigenvalue weighted by Gasteiger charge is 2.24. The summed E-state index contributed by atoms with van der Waals surface area (Å²) >= 11 is 12.1. The molecule has 31 heavy (non-hydrogen) atoms. The molecule has 2 heterocycles. The van der Waals surface area contributed by atoms with E-state index in [1.807, 2.05) is 4.90 Å². The number of hydrogen-bond acceptors (Lipinski definition) is 6. The molecule has 0 bridgehead atoms. The van der Waals surface area contributed by atoms with Crippen LogP contribution in [0.3, 0.4) is 0 Å². The van der Waals surface area contributed by atoms with Crippen LogP contribution in [-0.2, 0) is 0 Å². The van der Waals surface area contributed by atoms with Gasteiger partial charge in [-0.05, 0) is 36.6 Å². The van der Waals surface area contributed by atoms with Crippen molar-refractivity contribution in [3.8, 4) is 5.88 Å². The van der Waals surface area contributed by atoms with Crippen molar-refractivity contribution in [1.29, 1.82) is 0 Å². The third-order valence-corrected chi connectivity index (χ3v) is 5.41. The van der Waals surface area contributed by atoms with Crippen molar-refractivity contribution >= 4 is 41.0 Å². The van der Waals surface area contributed by atoms with Crippen LogP contribution in [0.25, 0.3) is 0 Å². The number of ether oxygens (including phenoxy) is 1. The molecule has 2 aromatic rings. The van der Waals surface area contributed by atoms with E-state index >= 15 is 0 Å². The number of aromatic nitrogens is 2. The topological polar surface area (TPSA) is 87.7 Å². The molecule has 3 rings (SSSR count). The highest BCUT2D eigenvalue weighted by Crippen LogP contribution is 2.23. The van der Waals surface area contributed by atoms with Crippen LogP contribution >= 0.6 is 23.2 Å². The van der Waals surface area contributed by atoms with Crippen LogP contribution in [0.1, 0.15) is 30.6 Å². The molecule has 10 heteroatoms. The third kappa shape index (κ3) is 6.45. The average molecular weight is 466 g/mol. The maximum atomic E-state index is 12.7. The van der Waals surface area contributed by atoms with Gasteiger partial charge in [0.15, 0.2) is 5.82 Å². The van der Waals surface area contributed by atoms with E-state index < -0.39 is 6.09 Å². The zero-order valence-corrected chi connectivity index (χ0v) is 19.0. The smallest absolute Gasteiger partial charge is 0.390 e. The van der Waals surface area contributed by atoms with E-state index in [-0.39, 0.29) is 11.8 Å². The van der Waals surface area contributed by atoms with E-state index in [2.05, 4.69) is 29.4 Å². The highest BCUT2D eigenvalue weighted by atomic mass is 35.5. The summed E-state index contributed by atoms with van der Waals surface area (Å²) in [7, 11) is 0. The summed E-state index contributed by atoms with van der Waals surface area (Å²) in [6.45, 7) is 6.96. The molecule has 1 aliphatic heterocycles. The van der Waals surface area contributed by atoms with Crippen LogP contribution in [-0.4, -0.2) is 59.8 Å². The lowest BCUT2D eigenvalue weighted by Crippen LogP contribution is -2.49. The number of anilines is 1. The monoisotopic (exact) mass is 465 g/mol. The van der Waals surface area contributed by atoms with Crippen LogP contribution in [0.5, 0.6) is 5.88 Å². The number of halogens is 2. The van der Waals surface area contributed by atoms with Gasteiger partial charge in [-0.2, -0.15) is 0 Å². The number of benzene rings is 1. The first kappa shape index (κ1) is 23.1. The number of nitrogens with zero attached hydrogens (tertiary/aromatic N) is 4. The second kappa shape index (κ2) is 10.6. The molecule has 0 spiro atoms. The fraction of sp³-hybridized carbons (Fsp3) is 0.429. The SMILES string of the molecule is CC(C)CCNC(=O)Oc1ccc(N2CCN(C(=O)c3ccc(Cl)cc3Cl)CC2)nn1. The molecular formula is C21H25Cl2N5O3. The lowest BCUT2D eigenvalue weighted by atomic mass is 10.1. The van der Waals surface area contributed by atoms with Crippen LogP contribution in [0.2, 0.25) is 10.0 Å². The molecular weight excluding hydrogens is 441 g/mol. The lowest BCUT2D eigenvalue weighted by molar-refractivity contribution is 0.0746. The number of amides is 2. The molecule has 1 aliphatic rings. The first-order chi connectivity index (χ1) is 14.8. The Hall–Kier alpha value is -2.58. The number of carbonyl (C=O) groups excluding carboxylic acids is 2. The first-order valence-electron chi connectivity index (χ1n) is 10.1. The summed E-state index contributed by atoms with van der Waals surface area (Å²) in [5.41, 5.74) is 0.437. The predicted molar refractivity (Wildman–Crippen MR) is 120 cm³/mol. The van der Waals surface area contributed by atoms with Crippen LogP contribution in [0.4, 0.5) is 10.6 Å². The van der Waals surface area contributed by atoms with Gasteiger partial charge in [-0.25, -0.2) is 4.79 Å². The Morgan fingerprint density at radius 3 is 2.45 bits per heavy atom.